The van der Waals surface area contributed by atoms with E-state index in [0.29, 0.717) is 6.54 Å². The van der Waals surface area contributed by atoms with E-state index in [9.17, 15) is 18.3 Å². The molecule has 1 saturated heterocycles. The van der Waals surface area contributed by atoms with Crippen LogP contribution in [-0.2, 0) is 6.54 Å². The summed E-state index contributed by atoms with van der Waals surface area (Å²) in [7, 11) is 0. The molecule has 0 amide bonds. The molecule has 2 heterocycles. The van der Waals surface area contributed by atoms with Gasteiger partial charge in [-0.2, -0.15) is 13.2 Å². The van der Waals surface area contributed by atoms with Gasteiger partial charge in [0.15, 0.2) is 5.60 Å². The van der Waals surface area contributed by atoms with Crippen LogP contribution in [-0.4, -0.2) is 34.9 Å². The van der Waals surface area contributed by atoms with Gasteiger partial charge in [0.25, 0.3) is 0 Å². The zero-order valence-corrected chi connectivity index (χ0v) is 10.1. The average molecular weight is 263 g/mol. The van der Waals surface area contributed by atoms with Crippen molar-refractivity contribution in [3.63, 3.8) is 0 Å². The minimum absolute atomic E-state index is 0.218. The van der Waals surface area contributed by atoms with Gasteiger partial charge in [0.1, 0.15) is 11.5 Å². The molecule has 0 aliphatic carbocycles. The van der Waals surface area contributed by atoms with Crippen LogP contribution in [0.15, 0.2) is 16.5 Å². The van der Waals surface area contributed by atoms with E-state index in [4.69, 9.17) is 4.42 Å². The average Bonchev–Trinajstić information content (AvgIpc) is 2.66. The van der Waals surface area contributed by atoms with E-state index in [0.717, 1.165) is 11.5 Å². The smallest absolute Gasteiger partial charge is 0.417 e. The third-order valence-corrected chi connectivity index (χ3v) is 3.39. The second kappa shape index (κ2) is 4.59. The highest BCUT2D eigenvalue weighted by molar-refractivity contribution is 5.06. The van der Waals surface area contributed by atoms with E-state index in [1.807, 2.05) is 24.0 Å². The summed E-state index contributed by atoms with van der Waals surface area (Å²) >= 11 is 0. The molecule has 6 heteroatoms. The molecule has 1 aromatic rings. The molecule has 0 unspecified atom stereocenters. The van der Waals surface area contributed by atoms with E-state index < -0.39 is 11.8 Å². The van der Waals surface area contributed by atoms with Crippen LogP contribution in [0.3, 0.4) is 0 Å². The molecule has 0 saturated carbocycles. The number of rotatable bonds is 2. The molecule has 1 aliphatic heterocycles. The van der Waals surface area contributed by atoms with Gasteiger partial charge in [0.05, 0.1) is 6.54 Å². The van der Waals surface area contributed by atoms with E-state index >= 15 is 0 Å². The first kappa shape index (κ1) is 13.4. The number of halogens is 3. The lowest BCUT2D eigenvalue weighted by atomic mass is 9.91. The SMILES string of the molecule is Cc1ccc(CN2CCC(O)(C(F)(F)F)CC2)o1. The highest BCUT2D eigenvalue weighted by atomic mass is 19.4. The van der Waals surface area contributed by atoms with E-state index in [-0.39, 0.29) is 25.9 Å². The lowest BCUT2D eigenvalue weighted by molar-refractivity contribution is -0.273. The molecule has 0 aromatic carbocycles. The second-order valence-electron chi connectivity index (χ2n) is 4.82. The maximum absolute atomic E-state index is 12.6. The molecule has 0 radical (unpaired) electrons. The van der Waals surface area contributed by atoms with Crippen molar-refractivity contribution in [2.75, 3.05) is 13.1 Å². The molecule has 1 aromatic heterocycles. The molecular formula is C12H16F3NO2. The van der Waals surface area contributed by atoms with Crippen molar-refractivity contribution in [1.82, 2.24) is 4.90 Å². The third kappa shape index (κ3) is 2.70. The van der Waals surface area contributed by atoms with Gasteiger partial charge >= 0.3 is 6.18 Å². The van der Waals surface area contributed by atoms with Crippen LogP contribution < -0.4 is 0 Å². The molecule has 0 spiro atoms. The normalized spacial score (nSPS) is 21.2. The van der Waals surface area contributed by atoms with Crippen molar-refractivity contribution >= 4 is 0 Å². The van der Waals surface area contributed by atoms with Crippen LogP contribution in [0.1, 0.15) is 24.4 Å². The number of piperidine rings is 1. The first-order valence-corrected chi connectivity index (χ1v) is 5.87. The van der Waals surface area contributed by atoms with E-state index in [1.165, 1.54) is 0 Å². The third-order valence-electron chi connectivity index (χ3n) is 3.39. The van der Waals surface area contributed by atoms with Crippen LogP contribution in [0.4, 0.5) is 13.2 Å². The number of nitrogens with zero attached hydrogens (tertiary/aromatic N) is 1. The predicted molar refractivity (Wildman–Crippen MR) is 59.0 cm³/mol. The number of likely N-dealkylation sites (tertiary alicyclic amines) is 1. The van der Waals surface area contributed by atoms with Gasteiger partial charge in [-0.15, -0.1) is 0 Å². The van der Waals surface area contributed by atoms with Crippen molar-refractivity contribution in [2.24, 2.45) is 0 Å². The fourth-order valence-corrected chi connectivity index (χ4v) is 2.16. The van der Waals surface area contributed by atoms with Crippen molar-refractivity contribution in [3.05, 3.63) is 23.7 Å². The predicted octanol–water partition coefficient (Wildman–Crippen LogP) is 2.48. The van der Waals surface area contributed by atoms with Gasteiger partial charge < -0.3 is 9.52 Å². The summed E-state index contributed by atoms with van der Waals surface area (Å²) in [6.07, 6.45) is -5.10. The highest BCUT2D eigenvalue weighted by Gasteiger charge is 2.54. The van der Waals surface area contributed by atoms with Gasteiger partial charge in [0, 0.05) is 13.1 Å². The quantitative estimate of drug-likeness (QED) is 0.890. The fourth-order valence-electron chi connectivity index (χ4n) is 2.16. The summed E-state index contributed by atoms with van der Waals surface area (Å²) in [6, 6.07) is 3.64. The number of aryl methyl sites for hydroxylation is 1. The largest absolute Gasteiger partial charge is 0.465 e. The Morgan fingerprint density at radius 1 is 1.33 bits per heavy atom. The summed E-state index contributed by atoms with van der Waals surface area (Å²) in [5.41, 5.74) is -2.53. The van der Waals surface area contributed by atoms with Gasteiger partial charge in [-0.05, 0) is 31.9 Å². The summed E-state index contributed by atoms with van der Waals surface area (Å²) in [5, 5.41) is 9.52. The van der Waals surface area contributed by atoms with Crippen molar-refractivity contribution in [2.45, 2.75) is 38.1 Å². The summed E-state index contributed by atoms with van der Waals surface area (Å²) in [4.78, 5) is 1.86. The second-order valence-corrected chi connectivity index (χ2v) is 4.82. The molecule has 1 N–H and O–H groups in total. The maximum Gasteiger partial charge on any atom is 0.417 e. The molecule has 3 nitrogen and oxygen atoms in total. The van der Waals surface area contributed by atoms with Gasteiger partial charge in [0.2, 0.25) is 0 Å². The Kier molecular flexibility index (Phi) is 3.42. The van der Waals surface area contributed by atoms with Gasteiger partial charge in [-0.1, -0.05) is 0 Å². The Labute approximate surface area is 103 Å². The molecule has 1 fully saturated rings. The monoisotopic (exact) mass is 263 g/mol. The van der Waals surface area contributed by atoms with Crippen LogP contribution in [0.5, 0.6) is 0 Å². The molecule has 1 aliphatic rings. The summed E-state index contributed by atoms with van der Waals surface area (Å²) < 4.78 is 43.2. The molecular weight excluding hydrogens is 247 g/mol. The van der Waals surface area contributed by atoms with E-state index in [2.05, 4.69) is 0 Å². The topological polar surface area (TPSA) is 36.6 Å². The Hall–Kier alpha value is -1.01. The summed E-state index contributed by atoms with van der Waals surface area (Å²) in [5.74, 6) is 1.53. The molecule has 102 valence electrons. The van der Waals surface area contributed by atoms with Gasteiger partial charge in [-0.25, -0.2) is 0 Å². The Bertz CT molecular complexity index is 406. The lowest BCUT2D eigenvalue weighted by Crippen LogP contribution is -2.53. The molecule has 0 bridgehead atoms. The van der Waals surface area contributed by atoms with Crippen LogP contribution in [0.25, 0.3) is 0 Å². The molecule has 2 rings (SSSR count). The number of aliphatic hydroxyl groups is 1. The zero-order valence-electron chi connectivity index (χ0n) is 10.1. The van der Waals surface area contributed by atoms with Crippen LogP contribution in [0, 0.1) is 6.92 Å². The number of alkyl halides is 3. The van der Waals surface area contributed by atoms with Crippen LogP contribution in [0.2, 0.25) is 0 Å². The number of furan rings is 1. The fraction of sp³-hybridized carbons (Fsp3) is 0.667. The Morgan fingerprint density at radius 3 is 2.39 bits per heavy atom. The minimum Gasteiger partial charge on any atom is -0.465 e. The van der Waals surface area contributed by atoms with Gasteiger partial charge in [-0.3, -0.25) is 4.90 Å². The summed E-state index contributed by atoms with van der Waals surface area (Å²) in [6.45, 7) is 2.75. The van der Waals surface area contributed by atoms with Crippen molar-refractivity contribution in [3.8, 4) is 0 Å². The lowest BCUT2D eigenvalue weighted by Gasteiger charge is -2.38. The number of hydrogen-bond donors (Lipinski definition) is 1. The van der Waals surface area contributed by atoms with Crippen molar-refractivity contribution < 1.29 is 22.7 Å². The Balaban J connectivity index is 1.91. The standard InChI is InChI=1S/C12H16F3NO2/c1-9-2-3-10(18-9)8-16-6-4-11(17,5-7-16)12(13,14)15/h2-3,17H,4-8H2,1H3. The number of hydrogen-bond acceptors (Lipinski definition) is 3. The first-order valence-electron chi connectivity index (χ1n) is 5.87. The van der Waals surface area contributed by atoms with Crippen molar-refractivity contribution in [1.29, 1.82) is 0 Å². The van der Waals surface area contributed by atoms with Crippen LogP contribution >= 0.6 is 0 Å². The highest BCUT2D eigenvalue weighted by Crippen LogP contribution is 2.38. The molecule has 0 atom stereocenters. The maximum atomic E-state index is 12.6. The van der Waals surface area contributed by atoms with E-state index in [1.54, 1.807) is 0 Å². The Morgan fingerprint density at radius 2 is 1.94 bits per heavy atom. The molecule has 18 heavy (non-hydrogen) atoms. The zero-order chi connectivity index (χ0) is 13.4. The first-order chi connectivity index (χ1) is 8.30. The minimum atomic E-state index is -4.54.